The minimum Gasteiger partial charge on any atom is -0.466 e. The number of piperazine rings is 1. The number of carbonyl (C=O) groups excluding carboxylic acids is 2. The molecule has 190 valence electrons. The summed E-state index contributed by atoms with van der Waals surface area (Å²) in [6.45, 7) is 12.5. The number of thioether (sulfide) groups is 1. The van der Waals surface area contributed by atoms with Crippen LogP contribution >= 0.6 is 11.8 Å². The highest BCUT2D eigenvalue weighted by molar-refractivity contribution is 7.98. The van der Waals surface area contributed by atoms with E-state index in [0.717, 1.165) is 44.2 Å². The Morgan fingerprint density at radius 2 is 1.83 bits per heavy atom. The number of piperidine rings is 1. The molecule has 0 radical (unpaired) electrons. The number of hydrogen-bond acceptors (Lipinski definition) is 9. The number of esters is 1. The average Bonchev–Trinajstić information content (AvgIpc) is 3.36. The summed E-state index contributed by atoms with van der Waals surface area (Å²) in [5.74, 6) is 2.13. The smallest absolute Gasteiger partial charge is 0.309 e. The highest BCUT2D eigenvalue weighted by Gasteiger charge is 2.29. The standard InChI is InChI=1S/C25H35N5O4S/c1-4-28-12-14-29(15-13-28)22-16-18(3)26-25(27-22)35-17-20-6-7-21(34-20)23(31)30-10-8-19(9-11-30)24(32)33-5-2/h6-7,16,19H,4-5,8-15,17H2,1-3H3. The van der Waals surface area contributed by atoms with Gasteiger partial charge in [-0.1, -0.05) is 18.7 Å². The van der Waals surface area contributed by atoms with Crippen molar-refractivity contribution < 1.29 is 18.7 Å². The first-order valence-electron chi connectivity index (χ1n) is 12.5. The molecule has 4 heterocycles. The molecule has 0 N–H and O–H groups in total. The first-order valence-corrected chi connectivity index (χ1v) is 13.5. The summed E-state index contributed by atoms with van der Waals surface area (Å²) >= 11 is 1.51. The number of rotatable bonds is 8. The molecule has 0 aliphatic carbocycles. The Morgan fingerprint density at radius 1 is 1.09 bits per heavy atom. The molecule has 0 unspecified atom stereocenters. The fraction of sp³-hybridized carbons (Fsp3) is 0.600. The molecule has 4 rings (SSSR count). The number of ether oxygens (including phenoxy) is 1. The van der Waals surface area contributed by atoms with Crippen molar-refractivity contribution in [1.29, 1.82) is 0 Å². The molecule has 2 fully saturated rings. The number of hydrogen-bond donors (Lipinski definition) is 0. The van der Waals surface area contributed by atoms with Crippen LogP contribution in [0, 0.1) is 12.8 Å². The van der Waals surface area contributed by atoms with E-state index >= 15 is 0 Å². The topological polar surface area (TPSA) is 92.0 Å². The van der Waals surface area contributed by atoms with E-state index in [1.807, 2.05) is 26.0 Å². The van der Waals surface area contributed by atoms with Crippen molar-refractivity contribution in [2.75, 3.05) is 57.3 Å². The number of aromatic nitrogens is 2. The zero-order valence-corrected chi connectivity index (χ0v) is 21.7. The fourth-order valence-corrected chi connectivity index (χ4v) is 5.28. The lowest BCUT2D eigenvalue weighted by Crippen LogP contribution is -2.46. The largest absolute Gasteiger partial charge is 0.466 e. The number of furan rings is 1. The molecular weight excluding hydrogens is 466 g/mol. The number of amides is 1. The molecule has 2 aromatic heterocycles. The number of carbonyl (C=O) groups is 2. The second-order valence-electron chi connectivity index (χ2n) is 8.94. The molecule has 10 heteroatoms. The normalized spacial score (nSPS) is 17.6. The van der Waals surface area contributed by atoms with E-state index in [1.54, 1.807) is 11.0 Å². The molecule has 2 aliphatic rings. The maximum absolute atomic E-state index is 12.9. The fourth-order valence-electron chi connectivity index (χ4n) is 4.49. The summed E-state index contributed by atoms with van der Waals surface area (Å²) in [6.07, 6.45) is 1.24. The van der Waals surface area contributed by atoms with Crippen LogP contribution in [0.1, 0.15) is 48.7 Å². The van der Waals surface area contributed by atoms with Gasteiger partial charge in [0.15, 0.2) is 10.9 Å². The summed E-state index contributed by atoms with van der Waals surface area (Å²) in [4.78, 5) is 40.7. The van der Waals surface area contributed by atoms with E-state index in [9.17, 15) is 9.59 Å². The molecule has 0 atom stereocenters. The van der Waals surface area contributed by atoms with Gasteiger partial charge in [0.25, 0.3) is 5.91 Å². The van der Waals surface area contributed by atoms with Gasteiger partial charge >= 0.3 is 5.97 Å². The third-order valence-electron chi connectivity index (χ3n) is 6.58. The molecule has 1 amide bonds. The van der Waals surface area contributed by atoms with Gasteiger partial charge in [-0.3, -0.25) is 9.59 Å². The quantitative estimate of drug-likeness (QED) is 0.307. The van der Waals surface area contributed by atoms with E-state index < -0.39 is 0 Å². The highest BCUT2D eigenvalue weighted by atomic mass is 32.2. The number of likely N-dealkylation sites (tertiary alicyclic amines) is 1. The average molecular weight is 502 g/mol. The lowest BCUT2D eigenvalue weighted by Gasteiger charge is -2.34. The van der Waals surface area contributed by atoms with Gasteiger partial charge in [0.05, 0.1) is 18.3 Å². The third kappa shape index (κ3) is 6.55. The lowest BCUT2D eigenvalue weighted by atomic mass is 9.97. The molecule has 2 aromatic rings. The zero-order valence-electron chi connectivity index (χ0n) is 20.9. The van der Waals surface area contributed by atoms with Crippen molar-refractivity contribution >= 4 is 29.5 Å². The number of aryl methyl sites for hydroxylation is 1. The Bertz CT molecular complexity index is 1010. The number of likely N-dealkylation sites (N-methyl/N-ethyl adjacent to an activating group) is 1. The Balaban J connectivity index is 1.31. The Labute approximate surface area is 211 Å². The molecule has 0 saturated carbocycles. The Kier molecular flexibility index (Phi) is 8.67. The van der Waals surface area contributed by atoms with Crippen LogP contribution in [0.4, 0.5) is 5.82 Å². The van der Waals surface area contributed by atoms with Gasteiger partial charge in [0, 0.05) is 51.0 Å². The summed E-state index contributed by atoms with van der Waals surface area (Å²) < 4.78 is 11.0. The molecule has 0 aromatic carbocycles. The monoisotopic (exact) mass is 501 g/mol. The van der Waals surface area contributed by atoms with Crippen LogP contribution < -0.4 is 4.90 Å². The van der Waals surface area contributed by atoms with Crippen molar-refractivity contribution in [2.24, 2.45) is 5.92 Å². The van der Waals surface area contributed by atoms with Crippen LogP contribution in [-0.2, 0) is 15.3 Å². The van der Waals surface area contributed by atoms with E-state index in [1.165, 1.54) is 11.8 Å². The van der Waals surface area contributed by atoms with Crippen LogP contribution in [0.25, 0.3) is 0 Å². The van der Waals surface area contributed by atoms with E-state index in [0.29, 0.717) is 55.0 Å². The minimum atomic E-state index is -0.165. The predicted molar refractivity (Wildman–Crippen MR) is 135 cm³/mol. The van der Waals surface area contributed by atoms with Crippen LogP contribution in [0.5, 0.6) is 0 Å². The van der Waals surface area contributed by atoms with Gasteiger partial charge in [-0.2, -0.15) is 0 Å². The van der Waals surface area contributed by atoms with Crippen molar-refractivity contribution in [3.8, 4) is 0 Å². The van der Waals surface area contributed by atoms with E-state index in [2.05, 4.69) is 21.7 Å². The third-order valence-corrected chi connectivity index (χ3v) is 7.45. The van der Waals surface area contributed by atoms with Gasteiger partial charge in [-0.25, -0.2) is 9.97 Å². The molecule has 35 heavy (non-hydrogen) atoms. The Morgan fingerprint density at radius 3 is 2.51 bits per heavy atom. The summed E-state index contributed by atoms with van der Waals surface area (Å²) in [7, 11) is 0. The number of anilines is 1. The van der Waals surface area contributed by atoms with E-state index in [4.69, 9.17) is 14.1 Å². The molecule has 9 nitrogen and oxygen atoms in total. The van der Waals surface area contributed by atoms with Crippen LogP contribution in [-0.4, -0.2) is 84.1 Å². The second-order valence-corrected chi connectivity index (χ2v) is 9.89. The molecule has 2 aliphatic heterocycles. The van der Waals surface area contributed by atoms with E-state index in [-0.39, 0.29) is 17.8 Å². The highest BCUT2D eigenvalue weighted by Crippen LogP contribution is 2.26. The van der Waals surface area contributed by atoms with Crippen LogP contribution in [0.15, 0.2) is 27.8 Å². The van der Waals surface area contributed by atoms with Gasteiger partial charge in [0.2, 0.25) is 0 Å². The SMILES string of the molecule is CCOC(=O)C1CCN(C(=O)c2ccc(CSc3nc(C)cc(N4CCN(CC)CC4)n3)o2)CC1. The van der Waals surface area contributed by atoms with Crippen molar-refractivity contribution in [3.63, 3.8) is 0 Å². The number of nitrogens with zero attached hydrogens (tertiary/aromatic N) is 5. The second kappa shape index (κ2) is 11.9. The summed E-state index contributed by atoms with van der Waals surface area (Å²) in [5.41, 5.74) is 0.942. The van der Waals surface area contributed by atoms with Gasteiger partial charge in [-0.05, 0) is 45.4 Å². The first-order chi connectivity index (χ1) is 17.0. The van der Waals surface area contributed by atoms with Crippen molar-refractivity contribution in [2.45, 2.75) is 44.5 Å². The zero-order chi connectivity index (χ0) is 24.8. The van der Waals surface area contributed by atoms with Crippen LogP contribution in [0.2, 0.25) is 0 Å². The minimum absolute atomic E-state index is 0.127. The maximum Gasteiger partial charge on any atom is 0.309 e. The van der Waals surface area contributed by atoms with Gasteiger partial charge in [0.1, 0.15) is 11.6 Å². The van der Waals surface area contributed by atoms with Gasteiger partial charge in [-0.15, -0.1) is 0 Å². The summed E-state index contributed by atoms with van der Waals surface area (Å²) in [6, 6.07) is 5.61. The Hall–Kier alpha value is -2.59. The molecular formula is C25H35N5O4S. The van der Waals surface area contributed by atoms with Crippen molar-refractivity contribution in [3.05, 3.63) is 35.4 Å². The van der Waals surface area contributed by atoms with Crippen LogP contribution in [0.3, 0.4) is 0 Å². The summed E-state index contributed by atoms with van der Waals surface area (Å²) in [5, 5.41) is 0.711. The maximum atomic E-state index is 12.9. The lowest BCUT2D eigenvalue weighted by molar-refractivity contribution is -0.149. The van der Waals surface area contributed by atoms with Gasteiger partial charge < -0.3 is 23.9 Å². The predicted octanol–water partition coefficient (Wildman–Crippen LogP) is 3.23. The molecule has 0 bridgehead atoms. The molecule has 2 saturated heterocycles. The van der Waals surface area contributed by atoms with Crippen molar-refractivity contribution in [1.82, 2.24) is 19.8 Å². The first kappa shape index (κ1) is 25.5. The molecule has 0 spiro atoms.